The molecular weight excluding hydrogens is 444 g/mol. The molecule has 0 aliphatic carbocycles. The Kier molecular flexibility index (Phi) is 7.93. The third kappa shape index (κ3) is 7.47. The number of morpholine rings is 1. The van der Waals surface area contributed by atoms with E-state index in [4.69, 9.17) is 4.74 Å². The quantitative estimate of drug-likeness (QED) is 0.569. The van der Waals surface area contributed by atoms with Gasteiger partial charge in [-0.05, 0) is 43.2 Å². The molecule has 0 spiro atoms. The van der Waals surface area contributed by atoms with Crippen LogP contribution in [-0.2, 0) is 27.8 Å². The number of rotatable bonds is 7. The average Bonchev–Trinajstić information content (AvgIpc) is 2.75. The summed E-state index contributed by atoms with van der Waals surface area (Å²) in [5, 5.41) is 5.48. The van der Waals surface area contributed by atoms with Crippen LogP contribution < -0.4 is 15.4 Å². The minimum Gasteiger partial charge on any atom is -0.372 e. The van der Waals surface area contributed by atoms with Gasteiger partial charge in [0.1, 0.15) is 0 Å². The highest BCUT2D eigenvalue weighted by molar-refractivity contribution is 7.92. The number of nitrogens with zero attached hydrogens (tertiary/aromatic N) is 1. The lowest BCUT2D eigenvalue weighted by Crippen LogP contribution is -2.48. The van der Waals surface area contributed by atoms with Crippen molar-refractivity contribution >= 4 is 27.6 Å². The van der Waals surface area contributed by atoms with Crippen LogP contribution in [0, 0.1) is 0 Å². The summed E-state index contributed by atoms with van der Waals surface area (Å²) in [7, 11) is -3.42. The van der Waals surface area contributed by atoms with Crippen molar-refractivity contribution in [2.45, 2.75) is 39.1 Å². The van der Waals surface area contributed by atoms with Gasteiger partial charge in [0.2, 0.25) is 10.0 Å². The molecule has 2 aromatic rings. The van der Waals surface area contributed by atoms with Crippen LogP contribution in [0.3, 0.4) is 0 Å². The molecule has 3 amide bonds. The number of hydrogen-bond acceptors (Lipinski definition) is 5. The van der Waals surface area contributed by atoms with Gasteiger partial charge in [-0.15, -0.1) is 0 Å². The van der Waals surface area contributed by atoms with Crippen molar-refractivity contribution in [1.82, 2.24) is 15.5 Å². The summed E-state index contributed by atoms with van der Waals surface area (Å²) in [5.74, 6) is -0.0318. The Morgan fingerprint density at radius 3 is 2.21 bits per heavy atom. The van der Waals surface area contributed by atoms with Gasteiger partial charge in [-0.3, -0.25) is 9.52 Å². The molecule has 2 unspecified atom stereocenters. The molecule has 33 heavy (non-hydrogen) atoms. The fourth-order valence-corrected chi connectivity index (χ4v) is 4.28. The van der Waals surface area contributed by atoms with Gasteiger partial charge in [-0.2, -0.15) is 0 Å². The maximum absolute atomic E-state index is 12.8. The SMILES string of the molecule is CC1CN(C(=O)c2ccc(CNC(=O)NCc3ccccc3NS(C)(=O)=O)cc2)CC(C)O1. The molecule has 10 heteroatoms. The Bertz CT molecular complexity index is 1080. The van der Waals surface area contributed by atoms with Crippen molar-refractivity contribution in [1.29, 1.82) is 0 Å². The molecule has 3 rings (SSSR count). The first-order chi connectivity index (χ1) is 15.6. The van der Waals surface area contributed by atoms with Crippen LogP contribution >= 0.6 is 0 Å². The molecule has 2 atom stereocenters. The van der Waals surface area contributed by atoms with Gasteiger partial charge in [-0.1, -0.05) is 30.3 Å². The smallest absolute Gasteiger partial charge is 0.315 e. The summed E-state index contributed by atoms with van der Waals surface area (Å²) < 4.78 is 31.1. The molecule has 9 nitrogen and oxygen atoms in total. The molecule has 1 saturated heterocycles. The summed E-state index contributed by atoms with van der Waals surface area (Å²) in [5.41, 5.74) is 2.52. The summed E-state index contributed by atoms with van der Waals surface area (Å²) >= 11 is 0. The first-order valence-corrected chi connectivity index (χ1v) is 12.6. The molecule has 1 aliphatic rings. The lowest BCUT2D eigenvalue weighted by atomic mass is 10.1. The van der Waals surface area contributed by atoms with E-state index in [-0.39, 0.29) is 37.2 Å². The summed E-state index contributed by atoms with van der Waals surface area (Å²) in [6.45, 7) is 5.49. The molecule has 1 fully saturated rings. The van der Waals surface area contributed by atoms with E-state index < -0.39 is 10.0 Å². The molecular formula is C23H30N4O5S. The third-order valence-corrected chi connectivity index (χ3v) is 5.70. The predicted molar refractivity (Wildman–Crippen MR) is 126 cm³/mol. The molecule has 0 bridgehead atoms. The first-order valence-electron chi connectivity index (χ1n) is 10.7. The summed E-state index contributed by atoms with van der Waals surface area (Å²) in [6, 6.07) is 13.6. The van der Waals surface area contributed by atoms with Crippen molar-refractivity contribution in [3.05, 3.63) is 65.2 Å². The van der Waals surface area contributed by atoms with Crippen LogP contribution in [0.5, 0.6) is 0 Å². The Balaban J connectivity index is 1.50. The van der Waals surface area contributed by atoms with Crippen LogP contribution in [0.2, 0.25) is 0 Å². The first kappa shape index (κ1) is 24.5. The minimum atomic E-state index is -3.42. The van der Waals surface area contributed by atoms with Gasteiger partial charge in [-0.25, -0.2) is 13.2 Å². The monoisotopic (exact) mass is 474 g/mol. The fourth-order valence-electron chi connectivity index (χ4n) is 3.69. The number of benzene rings is 2. The molecule has 1 aliphatic heterocycles. The second-order valence-electron chi connectivity index (χ2n) is 8.23. The van der Waals surface area contributed by atoms with Crippen LogP contribution in [0.15, 0.2) is 48.5 Å². The van der Waals surface area contributed by atoms with E-state index in [2.05, 4.69) is 15.4 Å². The van der Waals surface area contributed by atoms with Crippen molar-refractivity contribution in [2.24, 2.45) is 0 Å². The van der Waals surface area contributed by atoms with E-state index in [1.54, 1.807) is 41.3 Å². The zero-order valence-corrected chi connectivity index (χ0v) is 19.8. The molecule has 2 aromatic carbocycles. The normalized spacial score (nSPS) is 18.5. The van der Waals surface area contributed by atoms with Gasteiger partial charge < -0.3 is 20.3 Å². The predicted octanol–water partition coefficient (Wildman–Crippen LogP) is 2.31. The van der Waals surface area contributed by atoms with Crippen molar-refractivity contribution in [2.75, 3.05) is 24.1 Å². The second kappa shape index (κ2) is 10.7. The number of ether oxygens (including phenoxy) is 1. The number of hydrogen-bond donors (Lipinski definition) is 3. The molecule has 0 saturated carbocycles. The van der Waals surface area contributed by atoms with Gasteiger partial charge in [0, 0.05) is 31.7 Å². The molecule has 0 radical (unpaired) electrons. The van der Waals surface area contributed by atoms with E-state index in [9.17, 15) is 18.0 Å². The van der Waals surface area contributed by atoms with Gasteiger partial charge in [0.15, 0.2) is 0 Å². The van der Waals surface area contributed by atoms with Crippen molar-refractivity contribution in [3.63, 3.8) is 0 Å². The number of carbonyl (C=O) groups is 2. The Morgan fingerprint density at radius 1 is 0.970 bits per heavy atom. The van der Waals surface area contributed by atoms with Crippen molar-refractivity contribution in [3.8, 4) is 0 Å². The number of para-hydroxylation sites is 1. The number of urea groups is 1. The van der Waals surface area contributed by atoms with Gasteiger partial charge in [0.25, 0.3) is 5.91 Å². The Labute approximate surface area is 194 Å². The Morgan fingerprint density at radius 2 is 1.58 bits per heavy atom. The molecule has 0 aromatic heterocycles. The largest absolute Gasteiger partial charge is 0.372 e. The number of nitrogens with one attached hydrogen (secondary N) is 3. The lowest BCUT2D eigenvalue weighted by molar-refractivity contribution is -0.0586. The van der Waals surface area contributed by atoms with Crippen LogP contribution in [0.25, 0.3) is 0 Å². The van der Waals surface area contributed by atoms with E-state index >= 15 is 0 Å². The zero-order valence-electron chi connectivity index (χ0n) is 19.0. The van der Waals surface area contributed by atoms with E-state index in [1.807, 2.05) is 26.0 Å². The molecule has 3 N–H and O–H groups in total. The van der Waals surface area contributed by atoms with Crippen LogP contribution in [0.1, 0.15) is 35.3 Å². The lowest BCUT2D eigenvalue weighted by Gasteiger charge is -2.35. The maximum atomic E-state index is 12.8. The van der Waals surface area contributed by atoms with Crippen LogP contribution in [-0.4, -0.2) is 56.8 Å². The Hall–Kier alpha value is -3.11. The van der Waals surface area contributed by atoms with E-state index in [1.165, 1.54) is 0 Å². The van der Waals surface area contributed by atoms with E-state index in [0.717, 1.165) is 11.8 Å². The number of carbonyl (C=O) groups excluding carboxylic acids is 2. The highest BCUT2D eigenvalue weighted by Crippen LogP contribution is 2.16. The number of sulfonamides is 1. The fraction of sp³-hybridized carbons (Fsp3) is 0.391. The topological polar surface area (TPSA) is 117 Å². The summed E-state index contributed by atoms with van der Waals surface area (Å²) in [6.07, 6.45) is 1.09. The highest BCUT2D eigenvalue weighted by atomic mass is 32.2. The van der Waals surface area contributed by atoms with Gasteiger partial charge >= 0.3 is 6.03 Å². The zero-order chi connectivity index (χ0) is 24.0. The average molecular weight is 475 g/mol. The van der Waals surface area contributed by atoms with Crippen LogP contribution in [0.4, 0.5) is 10.5 Å². The van der Waals surface area contributed by atoms with E-state index in [0.29, 0.717) is 29.9 Å². The number of amides is 3. The standard InChI is InChI=1S/C23H30N4O5S/c1-16-14-27(15-17(2)32-16)22(28)19-10-8-18(9-11-19)12-24-23(29)25-13-20-6-4-5-7-21(20)26-33(3,30)31/h4-11,16-17,26H,12-15H2,1-3H3,(H2,24,25,29). The molecule has 178 valence electrons. The summed E-state index contributed by atoms with van der Waals surface area (Å²) in [4.78, 5) is 26.7. The third-order valence-electron chi connectivity index (χ3n) is 5.11. The van der Waals surface area contributed by atoms with Gasteiger partial charge in [0.05, 0.1) is 24.2 Å². The highest BCUT2D eigenvalue weighted by Gasteiger charge is 2.26. The minimum absolute atomic E-state index is 0.00815. The number of anilines is 1. The second-order valence-corrected chi connectivity index (χ2v) is 9.98. The molecule has 1 heterocycles. The van der Waals surface area contributed by atoms with Crippen molar-refractivity contribution < 1.29 is 22.7 Å². The maximum Gasteiger partial charge on any atom is 0.315 e.